The lowest BCUT2D eigenvalue weighted by atomic mass is 10.2. The van der Waals surface area contributed by atoms with Crippen LogP contribution >= 0.6 is 11.8 Å². The minimum atomic E-state index is -0.494. The van der Waals surface area contributed by atoms with Gasteiger partial charge in [0, 0.05) is 5.70 Å². The molecule has 0 aromatic heterocycles. The van der Waals surface area contributed by atoms with E-state index in [2.05, 4.69) is 15.6 Å². The van der Waals surface area contributed by atoms with Crippen molar-refractivity contribution in [3.05, 3.63) is 66.1 Å². The lowest BCUT2D eigenvalue weighted by Gasteiger charge is -2.09. The zero-order valence-electron chi connectivity index (χ0n) is 15.1. The second-order valence-electron chi connectivity index (χ2n) is 5.83. The molecular weight excluding hydrogens is 381 g/mol. The highest BCUT2D eigenvalue weighted by molar-refractivity contribution is 8.14. The fourth-order valence-electron chi connectivity index (χ4n) is 2.47. The van der Waals surface area contributed by atoms with Crippen molar-refractivity contribution >= 4 is 45.7 Å². The monoisotopic (exact) mass is 399 g/mol. The maximum absolute atomic E-state index is 13.7. The van der Waals surface area contributed by atoms with E-state index in [-0.39, 0.29) is 29.7 Å². The molecule has 3 rings (SSSR count). The topological polar surface area (TPSA) is 79.8 Å². The molecular formula is C20H18FN3O3S. The Bertz CT molecular complexity index is 959. The van der Waals surface area contributed by atoms with Gasteiger partial charge in [-0.25, -0.2) is 9.38 Å². The molecule has 144 valence electrons. The Hall–Kier alpha value is -3.13. The first-order valence-corrected chi connectivity index (χ1v) is 9.43. The Morgan fingerprint density at radius 2 is 1.93 bits per heavy atom. The van der Waals surface area contributed by atoms with E-state index >= 15 is 0 Å². The van der Waals surface area contributed by atoms with Gasteiger partial charge in [-0.2, -0.15) is 0 Å². The number of rotatable bonds is 5. The van der Waals surface area contributed by atoms with E-state index in [4.69, 9.17) is 4.74 Å². The molecule has 1 aliphatic heterocycles. The molecule has 6 nitrogen and oxygen atoms in total. The minimum absolute atomic E-state index is 0.0390. The van der Waals surface area contributed by atoms with E-state index in [1.807, 2.05) is 24.3 Å². The number of thioether (sulfide) groups is 1. The average molecular weight is 399 g/mol. The molecule has 0 atom stereocenters. The number of para-hydroxylation sites is 3. The normalized spacial score (nSPS) is 12.6. The van der Waals surface area contributed by atoms with Crippen molar-refractivity contribution < 1.29 is 18.7 Å². The molecule has 0 saturated carbocycles. The predicted molar refractivity (Wildman–Crippen MR) is 109 cm³/mol. The third kappa shape index (κ3) is 5.20. The van der Waals surface area contributed by atoms with Gasteiger partial charge in [-0.15, -0.1) is 0 Å². The number of nitrogens with one attached hydrogen (secondary N) is 2. The van der Waals surface area contributed by atoms with Gasteiger partial charge in [-0.3, -0.25) is 9.59 Å². The van der Waals surface area contributed by atoms with Gasteiger partial charge in [-0.1, -0.05) is 36.0 Å². The first-order valence-electron chi connectivity index (χ1n) is 8.44. The maximum Gasteiger partial charge on any atom is 0.311 e. The third-order valence-corrected chi connectivity index (χ3v) is 4.70. The van der Waals surface area contributed by atoms with Crippen LogP contribution in [0.5, 0.6) is 0 Å². The highest BCUT2D eigenvalue weighted by Crippen LogP contribution is 2.31. The number of aliphatic imine (C=N–C) groups is 1. The summed E-state index contributed by atoms with van der Waals surface area (Å²) in [6, 6.07) is 13.4. The number of benzene rings is 2. The van der Waals surface area contributed by atoms with E-state index in [0.29, 0.717) is 16.4 Å². The number of ether oxygens (including phenoxy) is 1. The summed E-state index contributed by atoms with van der Waals surface area (Å²) in [7, 11) is 1.32. The predicted octanol–water partition coefficient (Wildman–Crippen LogP) is 4.10. The van der Waals surface area contributed by atoms with Gasteiger partial charge in [0.25, 0.3) is 0 Å². The van der Waals surface area contributed by atoms with Crippen molar-refractivity contribution in [1.29, 1.82) is 0 Å². The fraction of sp³-hybridized carbons (Fsp3) is 0.150. The first-order chi connectivity index (χ1) is 13.5. The van der Waals surface area contributed by atoms with Crippen LogP contribution in [0.4, 0.5) is 21.5 Å². The van der Waals surface area contributed by atoms with Gasteiger partial charge >= 0.3 is 5.97 Å². The van der Waals surface area contributed by atoms with Crippen LogP contribution in [0.1, 0.15) is 6.42 Å². The molecule has 0 spiro atoms. The summed E-state index contributed by atoms with van der Waals surface area (Å²) in [6.07, 6.45) is 1.75. The van der Waals surface area contributed by atoms with Crippen molar-refractivity contribution in [3.63, 3.8) is 0 Å². The summed E-state index contributed by atoms with van der Waals surface area (Å²) < 4.78 is 18.4. The highest BCUT2D eigenvalue weighted by atomic mass is 32.2. The van der Waals surface area contributed by atoms with Crippen LogP contribution in [0.15, 0.2) is 65.3 Å². The van der Waals surface area contributed by atoms with Gasteiger partial charge in [0.2, 0.25) is 5.91 Å². The van der Waals surface area contributed by atoms with E-state index in [1.54, 1.807) is 18.2 Å². The van der Waals surface area contributed by atoms with Crippen LogP contribution < -0.4 is 10.6 Å². The number of fused-ring (bicyclic) bond motifs is 1. The summed E-state index contributed by atoms with van der Waals surface area (Å²) in [5, 5.41) is 6.26. The zero-order chi connectivity index (χ0) is 19.9. The molecule has 2 N–H and O–H groups in total. The van der Waals surface area contributed by atoms with Gasteiger partial charge < -0.3 is 15.4 Å². The number of halogens is 1. The van der Waals surface area contributed by atoms with Gasteiger partial charge in [0.15, 0.2) is 0 Å². The number of carbonyl (C=O) groups is 2. The number of hydrogen-bond acceptors (Lipinski definition) is 6. The van der Waals surface area contributed by atoms with E-state index in [1.165, 1.54) is 31.0 Å². The van der Waals surface area contributed by atoms with Crippen LogP contribution in [0.2, 0.25) is 0 Å². The third-order valence-electron chi connectivity index (χ3n) is 3.79. The smallest absolute Gasteiger partial charge is 0.311 e. The Kier molecular flexibility index (Phi) is 6.44. The summed E-state index contributed by atoms with van der Waals surface area (Å²) in [6.45, 7) is 0. The molecule has 0 aliphatic carbocycles. The van der Waals surface area contributed by atoms with E-state index in [0.717, 1.165) is 5.69 Å². The largest absolute Gasteiger partial charge is 0.469 e. The molecule has 28 heavy (non-hydrogen) atoms. The van der Waals surface area contributed by atoms with Crippen LogP contribution in [0, 0.1) is 5.82 Å². The van der Waals surface area contributed by atoms with Crippen molar-refractivity contribution in [2.24, 2.45) is 4.99 Å². The Labute approximate surface area is 165 Å². The second-order valence-corrected chi connectivity index (χ2v) is 6.83. The number of esters is 1. The molecule has 0 unspecified atom stereocenters. The number of methoxy groups -OCH3 is 1. The fourth-order valence-corrected chi connectivity index (χ4v) is 3.21. The SMILES string of the molecule is COC(=O)CC1=CC(SCC(=O)Nc2ccccc2F)=Nc2ccccc2N1. The van der Waals surface area contributed by atoms with Crippen molar-refractivity contribution in [2.45, 2.75) is 6.42 Å². The lowest BCUT2D eigenvalue weighted by Crippen LogP contribution is -2.16. The molecule has 1 amide bonds. The number of carbonyl (C=O) groups excluding carboxylic acids is 2. The molecule has 2 aromatic rings. The van der Waals surface area contributed by atoms with Crippen LogP contribution in [-0.4, -0.2) is 29.8 Å². The standard InChI is InChI=1S/C20H18FN3O3S/c1-27-20(26)11-13-10-19(24-17-9-5-4-8-16(17)22-13)28-12-18(25)23-15-7-3-2-6-14(15)21/h2-10,22H,11-12H2,1H3,(H,23,25). The molecule has 0 bridgehead atoms. The number of anilines is 2. The summed E-state index contributed by atoms with van der Waals surface area (Å²) in [4.78, 5) is 28.4. The molecule has 1 heterocycles. The average Bonchev–Trinajstić information content (AvgIpc) is 2.86. The van der Waals surface area contributed by atoms with E-state index < -0.39 is 5.82 Å². The van der Waals surface area contributed by atoms with Crippen molar-refractivity contribution in [3.8, 4) is 0 Å². The van der Waals surface area contributed by atoms with Crippen molar-refractivity contribution in [1.82, 2.24) is 0 Å². The quantitative estimate of drug-likeness (QED) is 0.740. The molecule has 0 fully saturated rings. The van der Waals surface area contributed by atoms with E-state index in [9.17, 15) is 14.0 Å². The minimum Gasteiger partial charge on any atom is -0.469 e. The Morgan fingerprint density at radius 3 is 2.71 bits per heavy atom. The van der Waals surface area contributed by atoms with Gasteiger partial charge in [-0.05, 0) is 30.3 Å². The number of hydrogen-bond donors (Lipinski definition) is 2. The van der Waals surface area contributed by atoms with Gasteiger partial charge in [0.1, 0.15) is 5.82 Å². The Morgan fingerprint density at radius 1 is 1.18 bits per heavy atom. The number of amides is 1. The molecule has 1 aliphatic rings. The molecule has 8 heteroatoms. The van der Waals surface area contributed by atoms with Crippen molar-refractivity contribution in [2.75, 3.05) is 23.5 Å². The molecule has 0 radical (unpaired) electrons. The molecule has 2 aromatic carbocycles. The highest BCUT2D eigenvalue weighted by Gasteiger charge is 2.15. The van der Waals surface area contributed by atoms with Gasteiger partial charge in [0.05, 0.1) is 41.4 Å². The summed E-state index contributed by atoms with van der Waals surface area (Å²) in [5.41, 5.74) is 2.18. The summed E-state index contributed by atoms with van der Waals surface area (Å²) in [5.74, 6) is -1.20. The first kappa shape index (κ1) is 19.6. The zero-order valence-corrected chi connectivity index (χ0v) is 15.9. The maximum atomic E-state index is 13.7. The molecule has 0 saturated heterocycles. The van der Waals surface area contributed by atoms with Crippen LogP contribution in [-0.2, 0) is 14.3 Å². The number of nitrogens with zero attached hydrogens (tertiary/aromatic N) is 1. The lowest BCUT2D eigenvalue weighted by molar-refractivity contribution is -0.139. The van der Waals surface area contributed by atoms with Crippen LogP contribution in [0.25, 0.3) is 0 Å². The van der Waals surface area contributed by atoms with Crippen LogP contribution in [0.3, 0.4) is 0 Å². The second kappa shape index (κ2) is 9.18. The Balaban J connectivity index is 1.73. The summed E-state index contributed by atoms with van der Waals surface area (Å²) >= 11 is 1.19.